The molecule has 8 heteroatoms. The van der Waals surface area contributed by atoms with Gasteiger partial charge >= 0.3 is 16.1 Å². The molecular weight excluding hydrogens is 392 g/mol. The topological polar surface area (TPSA) is 88.9 Å². The van der Waals surface area contributed by atoms with Gasteiger partial charge in [-0.3, -0.25) is 0 Å². The van der Waals surface area contributed by atoms with E-state index in [0.717, 1.165) is 31.2 Å². The van der Waals surface area contributed by atoms with Gasteiger partial charge in [-0.2, -0.15) is 8.42 Å². The second-order valence-corrected chi connectivity index (χ2v) is 9.15. The highest BCUT2D eigenvalue weighted by Crippen LogP contribution is 2.20. The van der Waals surface area contributed by atoms with Crippen molar-refractivity contribution in [3.8, 4) is 5.75 Å². The van der Waals surface area contributed by atoms with Gasteiger partial charge in [0.05, 0.1) is 18.6 Å². The Balaban J connectivity index is 1.67. The van der Waals surface area contributed by atoms with Crippen LogP contribution in [0.5, 0.6) is 5.75 Å². The normalized spacial score (nSPS) is 15.1. The maximum absolute atomic E-state index is 12.9. The van der Waals surface area contributed by atoms with Crippen molar-refractivity contribution in [3.63, 3.8) is 0 Å². The number of nitrogens with one attached hydrogen (secondary N) is 1. The Hall–Kier alpha value is -2.48. The third kappa shape index (κ3) is 6.52. The Morgan fingerprint density at radius 3 is 2.48 bits per heavy atom. The molecule has 2 aromatic rings. The molecule has 29 heavy (non-hydrogen) atoms. The van der Waals surface area contributed by atoms with E-state index >= 15 is 0 Å². The highest BCUT2D eigenvalue weighted by Gasteiger charge is 2.21. The van der Waals surface area contributed by atoms with Crippen molar-refractivity contribution < 1.29 is 21.8 Å². The summed E-state index contributed by atoms with van der Waals surface area (Å²) in [6, 6.07) is 10.5. The zero-order valence-corrected chi connectivity index (χ0v) is 17.5. The van der Waals surface area contributed by atoms with E-state index in [4.69, 9.17) is 8.60 Å². The van der Waals surface area contributed by atoms with Gasteiger partial charge in [-0.25, -0.2) is 4.79 Å². The molecule has 0 saturated heterocycles. The molecule has 158 valence electrons. The minimum Gasteiger partial charge on any atom is -0.467 e. The number of rotatable bonds is 8. The molecule has 0 atom stereocenters. The third-order valence-corrected chi connectivity index (χ3v) is 6.17. The van der Waals surface area contributed by atoms with E-state index in [0.29, 0.717) is 18.8 Å². The van der Waals surface area contributed by atoms with Gasteiger partial charge in [-0.05, 0) is 49.6 Å². The zero-order valence-electron chi connectivity index (χ0n) is 16.7. The molecule has 0 unspecified atom stereocenters. The molecule has 0 spiro atoms. The minimum atomic E-state index is -3.56. The van der Waals surface area contributed by atoms with Gasteiger partial charge in [0.2, 0.25) is 0 Å². The lowest BCUT2D eigenvalue weighted by Crippen LogP contribution is -2.44. The van der Waals surface area contributed by atoms with E-state index in [9.17, 15) is 13.2 Å². The van der Waals surface area contributed by atoms with Crippen molar-refractivity contribution >= 4 is 16.1 Å². The van der Waals surface area contributed by atoms with Crippen LogP contribution in [0.25, 0.3) is 0 Å². The highest BCUT2D eigenvalue weighted by molar-refractivity contribution is 7.87. The number of carbonyl (C=O) groups excluding carboxylic acids is 1. The van der Waals surface area contributed by atoms with Crippen LogP contribution in [0.2, 0.25) is 0 Å². The lowest BCUT2D eigenvalue weighted by molar-refractivity contribution is 0.180. The zero-order chi connectivity index (χ0) is 20.7. The number of hydrogen-bond acceptors (Lipinski definition) is 5. The van der Waals surface area contributed by atoms with Crippen molar-refractivity contribution in [3.05, 3.63) is 54.0 Å². The summed E-state index contributed by atoms with van der Waals surface area (Å²) in [6.07, 6.45) is 7.13. The largest absolute Gasteiger partial charge is 0.467 e. The molecule has 1 aromatic carbocycles. The van der Waals surface area contributed by atoms with Crippen molar-refractivity contribution in [2.24, 2.45) is 0 Å². The number of furan rings is 1. The fourth-order valence-electron chi connectivity index (χ4n) is 3.38. The smallest absolute Gasteiger partial charge is 0.318 e. The summed E-state index contributed by atoms with van der Waals surface area (Å²) in [5.41, 5.74) is 0.872. The number of hydrogen-bond donors (Lipinski definition) is 1. The summed E-state index contributed by atoms with van der Waals surface area (Å²) in [6.45, 7) is 2.26. The number of benzene rings is 1. The quantitative estimate of drug-likeness (QED) is 0.651. The Bertz CT molecular complexity index is 872. The summed E-state index contributed by atoms with van der Waals surface area (Å²) in [7, 11) is -3.56. The molecular formula is C21H28N2O5S. The van der Waals surface area contributed by atoms with E-state index in [2.05, 4.69) is 5.32 Å². The molecule has 1 N–H and O–H groups in total. The average molecular weight is 421 g/mol. The SMILES string of the molecule is CCS(=O)(=O)Oc1ccc(CN(Cc2ccco2)C(=O)NC2CCCCC2)cc1. The van der Waals surface area contributed by atoms with E-state index in [1.165, 1.54) is 13.3 Å². The van der Waals surface area contributed by atoms with Crippen LogP contribution in [-0.4, -0.2) is 31.1 Å². The van der Waals surface area contributed by atoms with Crippen LogP contribution >= 0.6 is 0 Å². The van der Waals surface area contributed by atoms with Gasteiger partial charge in [0.1, 0.15) is 11.5 Å². The first-order valence-electron chi connectivity index (χ1n) is 10.0. The summed E-state index contributed by atoms with van der Waals surface area (Å²) in [5, 5.41) is 3.14. The van der Waals surface area contributed by atoms with E-state index in [1.54, 1.807) is 41.5 Å². The van der Waals surface area contributed by atoms with Crippen LogP contribution in [-0.2, 0) is 23.2 Å². The number of urea groups is 1. The summed E-state index contributed by atoms with van der Waals surface area (Å²) < 4.78 is 33.6. The van der Waals surface area contributed by atoms with Gasteiger partial charge in [0.25, 0.3) is 0 Å². The van der Waals surface area contributed by atoms with E-state index < -0.39 is 10.1 Å². The summed E-state index contributed by atoms with van der Waals surface area (Å²) in [5.74, 6) is 0.880. The lowest BCUT2D eigenvalue weighted by atomic mass is 9.96. The predicted octanol–water partition coefficient (Wildman–Crippen LogP) is 4.05. The van der Waals surface area contributed by atoms with Crippen LogP contribution in [0.15, 0.2) is 47.1 Å². The molecule has 1 saturated carbocycles. The monoisotopic (exact) mass is 420 g/mol. The van der Waals surface area contributed by atoms with Crippen LogP contribution in [0.3, 0.4) is 0 Å². The van der Waals surface area contributed by atoms with Crippen LogP contribution in [0.1, 0.15) is 50.4 Å². The van der Waals surface area contributed by atoms with E-state index in [-0.39, 0.29) is 23.6 Å². The Kier molecular flexibility index (Phi) is 7.19. The van der Waals surface area contributed by atoms with Gasteiger partial charge in [-0.1, -0.05) is 31.4 Å². The molecule has 0 bridgehead atoms. The Morgan fingerprint density at radius 2 is 1.86 bits per heavy atom. The molecule has 1 aliphatic carbocycles. The highest BCUT2D eigenvalue weighted by atomic mass is 32.2. The van der Waals surface area contributed by atoms with Gasteiger partial charge < -0.3 is 18.8 Å². The lowest BCUT2D eigenvalue weighted by Gasteiger charge is -2.28. The van der Waals surface area contributed by atoms with Crippen LogP contribution in [0, 0.1) is 0 Å². The predicted molar refractivity (Wildman–Crippen MR) is 110 cm³/mol. The fourth-order valence-corrected chi connectivity index (χ4v) is 3.90. The maximum Gasteiger partial charge on any atom is 0.318 e. The number of carbonyl (C=O) groups is 1. The number of nitrogens with zero attached hydrogens (tertiary/aromatic N) is 1. The van der Waals surface area contributed by atoms with Crippen LogP contribution < -0.4 is 9.50 Å². The minimum absolute atomic E-state index is 0.0903. The van der Waals surface area contributed by atoms with Crippen molar-refractivity contribution in [1.29, 1.82) is 0 Å². The van der Waals surface area contributed by atoms with Crippen LogP contribution in [0.4, 0.5) is 4.79 Å². The van der Waals surface area contributed by atoms with Gasteiger partial charge in [0.15, 0.2) is 0 Å². The molecule has 1 fully saturated rings. The van der Waals surface area contributed by atoms with Crippen molar-refractivity contribution in [2.75, 3.05) is 5.75 Å². The summed E-state index contributed by atoms with van der Waals surface area (Å²) in [4.78, 5) is 14.6. The molecule has 1 aromatic heterocycles. The molecule has 0 radical (unpaired) electrons. The standard InChI is InChI=1S/C21H28N2O5S/c1-2-29(25,26)28-19-12-10-17(11-13-19)15-23(16-20-9-6-14-27-20)21(24)22-18-7-4-3-5-8-18/h6,9-14,18H,2-5,7-8,15-16H2,1H3,(H,22,24). The maximum atomic E-state index is 12.9. The second-order valence-electron chi connectivity index (χ2n) is 7.29. The van der Waals surface area contributed by atoms with Crippen molar-refractivity contribution in [2.45, 2.75) is 58.2 Å². The molecule has 2 amide bonds. The fraction of sp³-hybridized carbons (Fsp3) is 0.476. The third-order valence-electron chi connectivity index (χ3n) is 5.02. The summed E-state index contributed by atoms with van der Waals surface area (Å²) >= 11 is 0. The molecule has 7 nitrogen and oxygen atoms in total. The average Bonchev–Trinajstić information content (AvgIpc) is 3.23. The molecule has 3 rings (SSSR count). The Labute approximate surface area is 172 Å². The molecule has 1 heterocycles. The first kappa shape index (κ1) is 21.2. The first-order valence-corrected chi connectivity index (χ1v) is 11.6. The molecule has 0 aliphatic heterocycles. The second kappa shape index (κ2) is 9.82. The van der Waals surface area contributed by atoms with E-state index in [1.807, 2.05) is 6.07 Å². The Morgan fingerprint density at radius 1 is 1.14 bits per heavy atom. The first-order chi connectivity index (χ1) is 13.9. The molecule has 1 aliphatic rings. The number of amides is 2. The van der Waals surface area contributed by atoms with Crippen molar-refractivity contribution in [1.82, 2.24) is 10.2 Å². The van der Waals surface area contributed by atoms with Gasteiger partial charge in [-0.15, -0.1) is 0 Å². The van der Waals surface area contributed by atoms with Gasteiger partial charge in [0, 0.05) is 12.6 Å².